The first-order valence-electron chi connectivity index (χ1n) is 8.77. The van der Waals surface area contributed by atoms with E-state index in [9.17, 15) is 19.2 Å². The maximum absolute atomic E-state index is 12.5. The third kappa shape index (κ3) is 3.68. The first-order chi connectivity index (χ1) is 12.6. The van der Waals surface area contributed by atoms with Gasteiger partial charge in [-0.2, -0.15) is 0 Å². The molecule has 0 spiro atoms. The summed E-state index contributed by atoms with van der Waals surface area (Å²) in [5.41, 5.74) is 0.943. The molecule has 0 saturated carbocycles. The van der Waals surface area contributed by atoms with Gasteiger partial charge in [0.15, 0.2) is 0 Å². The monoisotopic (exact) mass is 358 g/mol. The average molecular weight is 358 g/mol. The van der Waals surface area contributed by atoms with Gasteiger partial charge in [-0.05, 0) is 37.8 Å². The Morgan fingerprint density at radius 1 is 0.846 bits per heavy atom. The second kappa shape index (κ2) is 7.99. The molecule has 2 saturated heterocycles. The van der Waals surface area contributed by atoms with Crippen LogP contribution in [0.4, 0.5) is 11.4 Å². The molecule has 0 aromatic heterocycles. The van der Waals surface area contributed by atoms with Crippen molar-refractivity contribution >= 4 is 36.0 Å². The van der Waals surface area contributed by atoms with E-state index in [-0.39, 0.29) is 11.8 Å². The lowest BCUT2D eigenvalue weighted by Gasteiger charge is -2.22. The van der Waals surface area contributed by atoms with E-state index in [1.54, 1.807) is 24.3 Å². The molecule has 2 heterocycles. The highest BCUT2D eigenvalue weighted by Gasteiger charge is 2.31. The molecule has 2 N–H and O–H groups in total. The van der Waals surface area contributed by atoms with Crippen LogP contribution in [0.1, 0.15) is 25.7 Å². The van der Waals surface area contributed by atoms with Gasteiger partial charge in [0.05, 0.1) is 11.4 Å². The number of anilines is 2. The predicted octanol–water partition coefficient (Wildman–Crippen LogP) is 0.805. The molecular weight excluding hydrogens is 336 g/mol. The summed E-state index contributed by atoms with van der Waals surface area (Å²) < 4.78 is 0. The van der Waals surface area contributed by atoms with Crippen LogP contribution in [0.25, 0.3) is 0 Å². The van der Waals surface area contributed by atoms with Gasteiger partial charge >= 0.3 is 0 Å². The highest BCUT2D eigenvalue weighted by atomic mass is 16.2. The Balaban J connectivity index is 1.70. The molecule has 0 unspecified atom stereocenters. The second-order valence-corrected chi connectivity index (χ2v) is 6.53. The quantitative estimate of drug-likeness (QED) is 0.735. The zero-order valence-electron chi connectivity index (χ0n) is 14.4. The summed E-state index contributed by atoms with van der Waals surface area (Å²) in [5, 5.41) is 5.60. The molecule has 138 valence electrons. The number of benzene rings is 1. The fourth-order valence-corrected chi connectivity index (χ4v) is 3.53. The van der Waals surface area contributed by atoms with E-state index in [0.29, 0.717) is 50.1 Å². The lowest BCUT2D eigenvalue weighted by molar-refractivity contribution is -0.127. The van der Waals surface area contributed by atoms with Crippen LogP contribution in [0.5, 0.6) is 0 Å². The number of likely N-dealkylation sites (tertiary alicyclic amines) is 2. The molecular formula is C18H22N4O4. The molecule has 4 amide bonds. The summed E-state index contributed by atoms with van der Waals surface area (Å²) in [6.07, 6.45) is 4.21. The van der Waals surface area contributed by atoms with Gasteiger partial charge in [0.2, 0.25) is 24.6 Å². The van der Waals surface area contributed by atoms with Gasteiger partial charge in [0.1, 0.15) is 12.1 Å². The summed E-state index contributed by atoms with van der Waals surface area (Å²) in [4.78, 5) is 50.1. The molecule has 1 aromatic carbocycles. The lowest BCUT2D eigenvalue weighted by atomic mass is 10.1. The number of hydrogen-bond acceptors (Lipinski definition) is 4. The van der Waals surface area contributed by atoms with E-state index in [2.05, 4.69) is 10.6 Å². The van der Waals surface area contributed by atoms with Crippen LogP contribution in [0.3, 0.4) is 0 Å². The van der Waals surface area contributed by atoms with Crippen molar-refractivity contribution in [3.8, 4) is 0 Å². The van der Waals surface area contributed by atoms with Crippen LogP contribution >= 0.6 is 0 Å². The molecule has 2 fully saturated rings. The Bertz CT molecular complexity index is 649. The minimum Gasteiger partial charge on any atom is -0.333 e. The number of nitrogens with one attached hydrogen (secondary N) is 2. The van der Waals surface area contributed by atoms with Crippen molar-refractivity contribution in [2.24, 2.45) is 0 Å². The number of carbonyl (C=O) groups excluding carboxylic acids is 4. The first kappa shape index (κ1) is 17.9. The van der Waals surface area contributed by atoms with Crippen molar-refractivity contribution in [2.75, 3.05) is 23.7 Å². The molecule has 0 radical (unpaired) electrons. The van der Waals surface area contributed by atoms with E-state index < -0.39 is 12.1 Å². The number of amides is 4. The van der Waals surface area contributed by atoms with Crippen LogP contribution in [0, 0.1) is 0 Å². The number of nitrogens with zero attached hydrogens (tertiary/aromatic N) is 2. The molecule has 8 heteroatoms. The number of hydrogen-bond donors (Lipinski definition) is 2. The standard InChI is InChI=1S/C18H22N4O4/c23-11-21-9-3-7-15(21)17(25)19-13-5-1-2-6-14(13)20-18(26)16-8-4-10-22(16)12-24/h1-2,5-6,11-12,15-16H,3-4,7-10H2,(H,19,25)(H,20,26)/t15-,16-/m0/s1. The van der Waals surface area contributed by atoms with Crippen molar-refractivity contribution in [3.05, 3.63) is 24.3 Å². The third-order valence-corrected chi connectivity index (χ3v) is 4.91. The van der Waals surface area contributed by atoms with E-state index in [1.807, 2.05) is 0 Å². The molecule has 1 aromatic rings. The largest absolute Gasteiger partial charge is 0.333 e. The number of para-hydroxylation sites is 2. The van der Waals surface area contributed by atoms with Crippen molar-refractivity contribution in [3.63, 3.8) is 0 Å². The number of rotatable bonds is 6. The van der Waals surface area contributed by atoms with Crippen LogP contribution in [0.2, 0.25) is 0 Å². The summed E-state index contributed by atoms with van der Waals surface area (Å²) in [5.74, 6) is -0.543. The van der Waals surface area contributed by atoms with Crippen LogP contribution in [-0.2, 0) is 19.2 Å². The Labute approximate surface area is 151 Å². The van der Waals surface area contributed by atoms with Crippen molar-refractivity contribution < 1.29 is 19.2 Å². The fourth-order valence-electron chi connectivity index (χ4n) is 3.53. The smallest absolute Gasteiger partial charge is 0.247 e. The third-order valence-electron chi connectivity index (χ3n) is 4.91. The Hall–Kier alpha value is -2.90. The van der Waals surface area contributed by atoms with E-state index >= 15 is 0 Å². The Morgan fingerprint density at radius 3 is 1.65 bits per heavy atom. The van der Waals surface area contributed by atoms with E-state index in [1.165, 1.54) is 9.80 Å². The second-order valence-electron chi connectivity index (χ2n) is 6.53. The van der Waals surface area contributed by atoms with E-state index in [4.69, 9.17) is 0 Å². The maximum Gasteiger partial charge on any atom is 0.247 e. The van der Waals surface area contributed by atoms with Crippen molar-refractivity contribution in [1.29, 1.82) is 0 Å². The van der Waals surface area contributed by atoms with Crippen LogP contribution in [0.15, 0.2) is 24.3 Å². The zero-order chi connectivity index (χ0) is 18.5. The molecule has 8 nitrogen and oxygen atoms in total. The van der Waals surface area contributed by atoms with Crippen LogP contribution < -0.4 is 10.6 Å². The van der Waals surface area contributed by atoms with Gasteiger partial charge in [0.25, 0.3) is 0 Å². The number of carbonyl (C=O) groups is 4. The van der Waals surface area contributed by atoms with E-state index in [0.717, 1.165) is 12.8 Å². The SMILES string of the molecule is O=CN1CCC[C@H]1C(=O)Nc1ccccc1NC(=O)[C@@H]1CCCN1C=O. The molecule has 2 aliphatic rings. The molecule has 0 aliphatic carbocycles. The predicted molar refractivity (Wildman–Crippen MR) is 95.3 cm³/mol. The van der Waals surface area contributed by atoms with Gasteiger partial charge in [0, 0.05) is 13.1 Å². The summed E-state index contributed by atoms with van der Waals surface area (Å²) >= 11 is 0. The summed E-state index contributed by atoms with van der Waals surface area (Å²) in [6, 6.07) is 5.92. The fraction of sp³-hybridized carbons (Fsp3) is 0.444. The minimum atomic E-state index is -0.489. The minimum absolute atomic E-state index is 0.272. The molecule has 2 atom stereocenters. The van der Waals surface area contributed by atoms with Gasteiger partial charge in [-0.1, -0.05) is 12.1 Å². The Kier molecular flexibility index (Phi) is 5.50. The highest BCUT2D eigenvalue weighted by Crippen LogP contribution is 2.25. The Morgan fingerprint density at radius 2 is 1.27 bits per heavy atom. The molecule has 26 heavy (non-hydrogen) atoms. The topological polar surface area (TPSA) is 98.8 Å². The van der Waals surface area contributed by atoms with Gasteiger partial charge in [-0.25, -0.2) is 0 Å². The van der Waals surface area contributed by atoms with Gasteiger partial charge in [-0.15, -0.1) is 0 Å². The van der Waals surface area contributed by atoms with Gasteiger partial charge < -0.3 is 20.4 Å². The normalized spacial score (nSPS) is 22.2. The molecule has 3 rings (SSSR count). The maximum atomic E-state index is 12.5. The molecule has 0 bridgehead atoms. The average Bonchev–Trinajstić information content (AvgIpc) is 3.32. The highest BCUT2D eigenvalue weighted by molar-refractivity contribution is 6.03. The first-order valence-corrected chi connectivity index (χ1v) is 8.77. The summed E-state index contributed by atoms with van der Waals surface area (Å²) in [7, 11) is 0. The molecule has 2 aliphatic heterocycles. The van der Waals surface area contributed by atoms with Crippen molar-refractivity contribution in [1.82, 2.24) is 9.80 Å². The van der Waals surface area contributed by atoms with Crippen LogP contribution in [-0.4, -0.2) is 59.6 Å². The van der Waals surface area contributed by atoms with Crippen molar-refractivity contribution in [2.45, 2.75) is 37.8 Å². The van der Waals surface area contributed by atoms with Gasteiger partial charge in [-0.3, -0.25) is 19.2 Å². The lowest BCUT2D eigenvalue weighted by Crippen LogP contribution is -2.40. The zero-order valence-corrected chi connectivity index (χ0v) is 14.4. The summed E-state index contributed by atoms with van der Waals surface area (Å²) in [6.45, 7) is 1.15.